The van der Waals surface area contributed by atoms with Crippen LogP contribution in [0.1, 0.15) is 34.1 Å². The summed E-state index contributed by atoms with van der Waals surface area (Å²) in [5.41, 5.74) is 2.21. The van der Waals surface area contributed by atoms with E-state index in [0.29, 0.717) is 16.9 Å². The number of ketones is 1. The molecule has 0 radical (unpaired) electrons. The molecule has 4 aromatic rings. The Kier molecular flexibility index (Phi) is 6.56. The minimum Gasteiger partial charge on any atom is -0.324 e. The topological polar surface area (TPSA) is 81.1 Å². The number of aryl methyl sites for hydroxylation is 2. The number of nitrogens with zero attached hydrogens (tertiary/aromatic N) is 2. The van der Waals surface area contributed by atoms with Crippen molar-refractivity contribution in [1.29, 1.82) is 0 Å². The number of nitrogens with one attached hydrogen (secondary N) is 1. The third-order valence-electron chi connectivity index (χ3n) is 5.45. The lowest BCUT2D eigenvalue weighted by Crippen LogP contribution is -2.25. The van der Waals surface area contributed by atoms with Crippen LogP contribution in [-0.2, 0) is 17.8 Å². The summed E-state index contributed by atoms with van der Waals surface area (Å²) in [5.74, 6) is -1.49. The van der Waals surface area contributed by atoms with E-state index in [-0.39, 0.29) is 28.2 Å². The van der Waals surface area contributed by atoms with Crippen molar-refractivity contribution in [3.8, 4) is 0 Å². The van der Waals surface area contributed by atoms with Crippen molar-refractivity contribution >= 4 is 40.0 Å². The second-order valence-electron chi connectivity index (χ2n) is 7.88. The van der Waals surface area contributed by atoms with Gasteiger partial charge in [0.1, 0.15) is 18.0 Å². The quantitative estimate of drug-likeness (QED) is 0.399. The van der Waals surface area contributed by atoms with Gasteiger partial charge in [0.2, 0.25) is 11.3 Å². The van der Waals surface area contributed by atoms with Crippen molar-refractivity contribution in [2.45, 2.75) is 26.8 Å². The van der Waals surface area contributed by atoms with Gasteiger partial charge in [-0.15, -0.1) is 0 Å². The van der Waals surface area contributed by atoms with Gasteiger partial charge in [-0.25, -0.2) is 9.37 Å². The second-order valence-corrected chi connectivity index (χ2v) is 8.29. The number of amides is 1. The summed E-state index contributed by atoms with van der Waals surface area (Å²) in [5, 5.41) is 2.76. The molecule has 6 nitrogen and oxygen atoms in total. The molecule has 0 unspecified atom stereocenters. The molecule has 4 rings (SSSR count). The van der Waals surface area contributed by atoms with Crippen molar-refractivity contribution in [2.24, 2.45) is 0 Å². The van der Waals surface area contributed by atoms with E-state index in [1.54, 1.807) is 31.2 Å². The molecule has 172 valence electrons. The molecule has 2 aromatic heterocycles. The van der Waals surface area contributed by atoms with E-state index in [9.17, 15) is 18.8 Å². The monoisotopic (exact) mass is 477 g/mol. The molecule has 1 amide bonds. The number of fused-ring (bicyclic) bond motifs is 1. The highest BCUT2D eigenvalue weighted by atomic mass is 35.5. The Morgan fingerprint density at radius 2 is 1.82 bits per heavy atom. The maximum atomic E-state index is 13.4. The highest BCUT2D eigenvalue weighted by Crippen LogP contribution is 2.20. The molecule has 0 aliphatic heterocycles. The average molecular weight is 478 g/mol. The highest BCUT2D eigenvalue weighted by Gasteiger charge is 2.19. The zero-order valence-corrected chi connectivity index (χ0v) is 19.3. The first kappa shape index (κ1) is 23.3. The summed E-state index contributed by atoms with van der Waals surface area (Å²) in [6.45, 7) is 3.55. The minimum absolute atomic E-state index is 0.0555. The standard InChI is InChI=1S/C26H21ClFN3O3/c1-3-16-5-7-17(8-6-16)24(33)20-13-31(26-19(25(20)34)10-4-15(2)29-26)14-23(32)30-18-9-11-22(28)21(27)12-18/h4-13H,3,14H2,1-2H3,(H,30,32). The maximum absolute atomic E-state index is 13.4. The molecule has 0 saturated heterocycles. The van der Waals surface area contributed by atoms with Gasteiger partial charge >= 0.3 is 0 Å². The van der Waals surface area contributed by atoms with Crippen molar-refractivity contribution in [3.05, 3.63) is 104 Å². The Labute approximate surface area is 200 Å². The van der Waals surface area contributed by atoms with Gasteiger partial charge in [0.05, 0.1) is 16.0 Å². The fourth-order valence-electron chi connectivity index (χ4n) is 3.62. The molecule has 0 saturated carbocycles. The first-order chi connectivity index (χ1) is 16.3. The van der Waals surface area contributed by atoms with E-state index in [0.717, 1.165) is 18.1 Å². The zero-order chi connectivity index (χ0) is 24.4. The number of rotatable bonds is 6. The van der Waals surface area contributed by atoms with Crippen LogP contribution in [-0.4, -0.2) is 21.2 Å². The summed E-state index contributed by atoms with van der Waals surface area (Å²) < 4.78 is 14.9. The van der Waals surface area contributed by atoms with Crippen LogP contribution in [0, 0.1) is 12.7 Å². The van der Waals surface area contributed by atoms with Crippen LogP contribution in [0.15, 0.2) is 65.6 Å². The summed E-state index contributed by atoms with van der Waals surface area (Å²) >= 11 is 5.79. The number of carbonyl (C=O) groups excluding carboxylic acids is 2. The molecular formula is C26H21ClFN3O3. The van der Waals surface area contributed by atoms with E-state index < -0.39 is 22.9 Å². The molecule has 2 aromatic carbocycles. The fourth-order valence-corrected chi connectivity index (χ4v) is 3.80. The van der Waals surface area contributed by atoms with Gasteiger partial charge in [0.25, 0.3) is 0 Å². The molecule has 1 N–H and O–H groups in total. The number of benzene rings is 2. The van der Waals surface area contributed by atoms with Gasteiger partial charge in [0.15, 0.2) is 5.78 Å². The molecule has 0 bridgehead atoms. The molecule has 0 spiro atoms. The Hall–Kier alpha value is -3.84. The van der Waals surface area contributed by atoms with E-state index in [1.165, 1.54) is 22.9 Å². The lowest BCUT2D eigenvalue weighted by Gasteiger charge is -2.13. The number of carbonyl (C=O) groups is 2. The van der Waals surface area contributed by atoms with Gasteiger partial charge in [0, 0.05) is 23.1 Å². The van der Waals surface area contributed by atoms with Crippen LogP contribution in [0.25, 0.3) is 11.0 Å². The Morgan fingerprint density at radius 1 is 1.09 bits per heavy atom. The first-order valence-corrected chi connectivity index (χ1v) is 11.0. The van der Waals surface area contributed by atoms with Crippen molar-refractivity contribution < 1.29 is 14.0 Å². The van der Waals surface area contributed by atoms with Crippen LogP contribution >= 0.6 is 11.6 Å². The molecule has 8 heteroatoms. The molecule has 0 aliphatic carbocycles. The lowest BCUT2D eigenvalue weighted by atomic mass is 10.0. The molecule has 34 heavy (non-hydrogen) atoms. The van der Waals surface area contributed by atoms with E-state index >= 15 is 0 Å². The zero-order valence-electron chi connectivity index (χ0n) is 18.6. The predicted octanol–water partition coefficient (Wildman–Crippen LogP) is 4.93. The summed E-state index contributed by atoms with van der Waals surface area (Å²) in [7, 11) is 0. The molecule has 2 heterocycles. The van der Waals surface area contributed by atoms with Crippen LogP contribution in [0.4, 0.5) is 10.1 Å². The van der Waals surface area contributed by atoms with Crippen LogP contribution in [0.5, 0.6) is 0 Å². The highest BCUT2D eigenvalue weighted by molar-refractivity contribution is 6.31. The average Bonchev–Trinajstić information content (AvgIpc) is 2.82. The van der Waals surface area contributed by atoms with E-state index in [1.807, 2.05) is 19.1 Å². The first-order valence-electron chi connectivity index (χ1n) is 10.7. The van der Waals surface area contributed by atoms with Crippen LogP contribution in [0.2, 0.25) is 5.02 Å². The van der Waals surface area contributed by atoms with Crippen LogP contribution < -0.4 is 10.7 Å². The number of hydrogen-bond donors (Lipinski definition) is 1. The number of pyridine rings is 2. The lowest BCUT2D eigenvalue weighted by molar-refractivity contribution is -0.116. The van der Waals surface area contributed by atoms with Crippen molar-refractivity contribution in [2.75, 3.05) is 5.32 Å². The molecule has 0 fully saturated rings. The Morgan fingerprint density at radius 3 is 2.50 bits per heavy atom. The Bertz CT molecular complexity index is 1480. The maximum Gasteiger partial charge on any atom is 0.244 e. The number of halogens is 2. The molecule has 0 atom stereocenters. The van der Waals surface area contributed by atoms with Gasteiger partial charge in [-0.2, -0.15) is 0 Å². The molecule has 0 aliphatic rings. The summed E-state index contributed by atoms with van der Waals surface area (Å²) in [6.07, 6.45) is 2.20. The fraction of sp³-hybridized carbons (Fsp3) is 0.154. The SMILES string of the molecule is CCc1ccc(C(=O)c2cn(CC(=O)Nc3ccc(F)c(Cl)c3)c3nc(C)ccc3c2=O)cc1. The Balaban J connectivity index is 1.74. The number of aromatic nitrogens is 2. The van der Waals surface area contributed by atoms with Gasteiger partial charge in [-0.3, -0.25) is 14.4 Å². The number of hydrogen-bond acceptors (Lipinski definition) is 4. The summed E-state index contributed by atoms with van der Waals surface area (Å²) in [6, 6.07) is 14.2. The normalized spacial score (nSPS) is 10.9. The largest absolute Gasteiger partial charge is 0.324 e. The van der Waals surface area contributed by atoms with E-state index in [4.69, 9.17) is 11.6 Å². The third-order valence-corrected chi connectivity index (χ3v) is 5.74. The van der Waals surface area contributed by atoms with Crippen molar-refractivity contribution in [1.82, 2.24) is 9.55 Å². The second kappa shape index (κ2) is 9.57. The minimum atomic E-state index is -0.596. The third kappa shape index (κ3) is 4.75. The van der Waals surface area contributed by atoms with Gasteiger partial charge in [-0.1, -0.05) is 42.8 Å². The van der Waals surface area contributed by atoms with Gasteiger partial charge in [-0.05, 0) is 49.2 Å². The van der Waals surface area contributed by atoms with Gasteiger partial charge < -0.3 is 9.88 Å². The molecular weight excluding hydrogens is 457 g/mol. The smallest absolute Gasteiger partial charge is 0.244 e. The van der Waals surface area contributed by atoms with Crippen LogP contribution in [0.3, 0.4) is 0 Å². The summed E-state index contributed by atoms with van der Waals surface area (Å²) in [4.78, 5) is 43.5. The predicted molar refractivity (Wildman–Crippen MR) is 130 cm³/mol. The van der Waals surface area contributed by atoms with E-state index in [2.05, 4.69) is 10.3 Å². The van der Waals surface area contributed by atoms with Crippen molar-refractivity contribution in [3.63, 3.8) is 0 Å². The number of anilines is 1.